The molecule has 3 rings (SSSR count). The number of benzene rings is 2. The van der Waals surface area contributed by atoms with Gasteiger partial charge < -0.3 is 25.1 Å². The van der Waals surface area contributed by atoms with E-state index in [0.29, 0.717) is 17.0 Å². The summed E-state index contributed by atoms with van der Waals surface area (Å²) in [7, 11) is 1.51. The van der Waals surface area contributed by atoms with Crippen molar-refractivity contribution in [3.8, 4) is 5.75 Å². The summed E-state index contributed by atoms with van der Waals surface area (Å²) in [6.45, 7) is 5.07. The van der Waals surface area contributed by atoms with Gasteiger partial charge in [0.15, 0.2) is 6.61 Å². The second kappa shape index (κ2) is 9.34. The Bertz CT molecular complexity index is 1150. The smallest absolute Gasteiger partial charge is 0.338 e. The van der Waals surface area contributed by atoms with E-state index in [0.717, 1.165) is 27.7 Å². The molecular weight excluding hydrogens is 398 g/mol. The van der Waals surface area contributed by atoms with E-state index >= 15 is 0 Å². The van der Waals surface area contributed by atoms with Gasteiger partial charge >= 0.3 is 5.97 Å². The third-order valence-corrected chi connectivity index (χ3v) is 4.95. The SMILES string of the molecule is COc1ccc(C)cc1NC(=O)CNC(=O)COC(=O)c1ccc2[nH]c(C)c(C)c2c1. The number of hydrogen-bond donors (Lipinski definition) is 3. The van der Waals surface area contributed by atoms with E-state index in [-0.39, 0.29) is 6.54 Å². The normalized spacial score (nSPS) is 10.6. The molecule has 0 atom stereocenters. The first kappa shape index (κ1) is 21.9. The molecule has 0 aliphatic rings. The highest BCUT2D eigenvalue weighted by Crippen LogP contribution is 2.25. The first-order valence-electron chi connectivity index (χ1n) is 9.75. The minimum atomic E-state index is -0.607. The van der Waals surface area contributed by atoms with E-state index in [1.165, 1.54) is 7.11 Å². The van der Waals surface area contributed by atoms with E-state index in [2.05, 4.69) is 15.6 Å². The molecule has 2 amide bonds. The zero-order valence-electron chi connectivity index (χ0n) is 17.9. The zero-order chi connectivity index (χ0) is 22.5. The molecule has 8 nitrogen and oxygen atoms in total. The Hall–Kier alpha value is -3.81. The molecule has 162 valence electrons. The number of aromatic nitrogens is 1. The van der Waals surface area contributed by atoms with Crippen molar-refractivity contribution in [1.29, 1.82) is 0 Å². The molecule has 1 heterocycles. The van der Waals surface area contributed by atoms with Gasteiger partial charge in [-0.25, -0.2) is 4.79 Å². The van der Waals surface area contributed by atoms with Crippen LogP contribution in [0, 0.1) is 20.8 Å². The third-order valence-electron chi connectivity index (χ3n) is 4.95. The van der Waals surface area contributed by atoms with Crippen molar-refractivity contribution >= 4 is 34.4 Å². The summed E-state index contributed by atoms with van der Waals surface area (Å²) in [5.74, 6) is -1.09. The lowest BCUT2D eigenvalue weighted by Gasteiger charge is -2.11. The highest BCUT2D eigenvalue weighted by atomic mass is 16.5. The number of esters is 1. The number of hydrogen-bond acceptors (Lipinski definition) is 5. The van der Waals surface area contributed by atoms with Crippen molar-refractivity contribution in [3.05, 3.63) is 58.8 Å². The Morgan fingerprint density at radius 3 is 2.52 bits per heavy atom. The second-order valence-corrected chi connectivity index (χ2v) is 7.24. The Morgan fingerprint density at radius 1 is 1.00 bits per heavy atom. The van der Waals surface area contributed by atoms with Crippen LogP contribution in [0.2, 0.25) is 0 Å². The monoisotopic (exact) mass is 423 g/mol. The van der Waals surface area contributed by atoms with Crippen LogP contribution in [0.1, 0.15) is 27.2 Å². The predicted molar refractivity (Wildman–Crippen MR) is 117 cm³/mol. The molecule has 0 spiro atoms. The number of H-pyrrole nitrogens is 1. The van der Waals surface area contributed by atoms with Gasteiger partial charge in [0, 0.05) is 16.6 Å². The number of aryl methyl sites for hydroxylation is 3. The molecule has 0 fully saturated rings. The number of methoxy groups -OCH3 is 1. The summed E-state index contributed by atoms with van der Waals surface area (Å²) < 4.78 is 10.3. The van der Waals surface area contributed by atoms with Crippen LogP contribution in [-0.2, 0) is 14.3 Å². The fourth-order valence-electron chi connectivity index (χ4n) is 3.15. The van der Waals surface area contributed by atoms with Crippen LogP contribution in [0.3, 0.4) is 0 Å². The Morgan fingerprint density at radius 2 is 1.77 bits per heavy atom. The Balaban J connectivity index is 1.50. The number of aromatic amines is 1. The highest BCUT2D eigenvalue weighted by Gasteiger charge is 2.14. The minimum absolute atomic E-state index is 0.263. The van der Waals surface area contributed by atoms with Crippen LogP contribution < -0.4 is 15.4 Å². The topological polar surface area (TPSA) is 110 Å². The lowest BCUT2D eigenvalue weighted by Crippen LogP contribution is -2.35. The lowest BCUT2D eigenvalue weighted by atomic mass is 10.1. The van der Waals surface area contributed by atoms with E-state index in [9.17, 15) is 14.4 Å². The van der Waals surface area contributed by atoms with Crippen molar-refractivity contribution in [2.24, 2.45) is 0 Å². The molecular formula is C23H25N3O5. The molecule has 0 aliphatic carbocycles. The molecule has 2 aromatic carbocycles. The van der Waals surface area contributed by atoms with Crippen LogP contribution >= 0.6 is 0 Å². The number of fused-ring (bicyclic) bond motifs is 1. The standard InChI is InChI=1S/C23H25N3O5/c1-13-5-8-20(30-4)19(9-13)26-21(27)11-24-22(28)12-31-23(29)16-6-7-18-17(10-16)14(2)15(3)25-18/h5-10,25H,11-12H2,1-4H3,(H,24,28)(H,26,27). The predicted octanol–water partition coefficient (Wildman–Crippen LogP) is 3.01. The van der Waals surface area contributed by atoms with Gasteiger partial charge in [0.2, 0.25) is 5.91 Å². The first-order chi connectivity index (χ1) is 14.8. The second-order valence-electron chi connectivity index (χ2n) is 7.24. The molecule has 0 radical (unpaired) electrons. The summed E-state index contributed by atoms with van der Waals surface area (Å²) in [5, 5.41) is 6.04. The molecule has 8 heteroatoms. The third kappa shape index (κ3) is 5.22. The molecule has 0 unspecified atom stereocenters. The minimum Gasteiger partial charge on any atom is -0.495 e. The fourth-order valence-corrected chi connectivity index (χ4v) is 3.15. The number of carbonyl (C=O) groups is 3. The van der Waals surface area contributed by atoms with E-state index < -0.39 is 24.4 Å². The molecule has 0 saturated heterocycles. The van der Waals surface area contributed by atoms with E-state index in [1.54, 1.807) is 30.3 Å². The van der Waals surface area contributed by atoms with Gasteiger partial charge in [-0.05, 0) is 62.2 Å². The molecule has 0 saturated carbocycles. The summed E-state index contributed by atoms with van der Waals surface area (Å²) in [6.07, 6.45) is 0. The summed E-state index contributed by atoms with van der Waals surface area (Å²) in [5.41, 5.74) is 4.83. The van der Waals surface area contributed by atoms with Crippen LogP contribution in [-0.4, -0.2) is 43.0 Å². The van der Waals surface area contributed by atoms with Gasteiger partial charge in [0.1, 0.15) is 5.75 Å². The summed E-state index contributed by atoms with van der Waals surface area (Å²) in [4.78, 5) is 39.6. The quantitative estimate of drug-likeness (QED) is 0.506. The van der Waals surface area contributed by atoms with Crippen molar-refractivity contribution in [3.63, 3.8) is 0 Å². The molecule has 1 aromatic heterocycles. The number of carbonyl (C=O) groups excluding carboxylic acids is 3. The summed E-state index contributed by atoms with van der Waals surface area (Å²) >= 11 is 0. The maximum atomic E-state index is 12.3. The van der Waals surface area contributed by atoms with E-state index in [1.807, 2.05) is 26.8 Å². The highest BCUT2D eigenvalue weighted by molar-refractivity contribution is 5.98. The molecule has 3 N–H and O–H groups in total. The first-order valence-corrected chi connectivity index (χ1v) is 9.75. The maximum absolute atomic E-state index is 12.3. The maximum Gasteiger partial charge on any atom is 0.338 e. The average molecular weight is 423 g/mol. The number of anilines is 1. The molecule has 0 bridgehead atoms. The van der Waals surface area contributed by atoms with Crippen molar-refractivity contribution in [1.82, 2.24) is 10.3 Å². The van der Waals surface area contributed by atoms with Gasteiger partial charge in [0.05, 0.1) is 24.9 Å². The Kier molecular flexibility index (Phi) is 6.59. The summed E-state index contributed by atoms with van der Waals surface area (Å²) in [6, 6.07) is 10.6. The van der Waals surface area contributed by atoms with Crippen molar-refractivity contribution in [2.45, 2.75) is 20.8 Å². The molecule has 3 aromatic rings. The van der Waals surface area contributed by atoms with Gasteiger partial charge in [-0.1, -0.05) is 6.07 Å². The lowest BCUT2D eigenvalue weighted by molar-refractivity contribution is -0.126. The van der Waals surface area contributed by atoms with Gasteiger partial charge in [-0.2, -0.15) is 0 Å². The van der Waals surface area contributed by atoms with Crippen LogP contribution in [0.5, 0.6) is 5.75 Å². The number of nitrogens with one attached hydrogen (secondary N) is 3. The fraction of sp³-hybridized carbons (Fsp3) is 0.261. The van der Waals surface area contributed by atoms with Crippen LogP contribution in [0.15, 0.2) is 36.4 Å². The number of amides is 2. The van der Waals surface area contributed by atoms with E-state index in [4.69, 9.17) is 9.47 Å². The van der Waals surface area contributed by atoms with Crippen molar-refractivity contribution < 1.29 is 23.9 Å². The Labute approximate surface area is 179 Å². The largest absolute Gasteiger partial charge is 0.495 e. The van der Waals surface area contributed by atoms with Gasteiger partial charge in [-0.15, -0.1) is 0 Å². The molecule has 31 heavy (non-hydrogen) atoms. The number of ether oxygens (including phenoxy) is 2. The zero-order valence-corrected chi connectivity index (χ0v) is 17.9. The van der Waals surface area contributed by atoms with Gasteiger partial charge in [0.25, 0.3) is 5.91 Å². The van der Waals surface area contributed by atoms with Crippen LogP contribution in [0.4, 0.5) is 5.69 Å². The number of rotatable bonds is 7. The average Bonchev–Trinajstić information content (AvgIpc) is 3.03. The van der Waals surface area contributed by atoms with Crippen LogP contribution in [0.25, 0.3) is 10.9 Å². The molecule has 0 aliphatic heterocycles. The van der Waals surface area contributed by atoms with Crippen molar-refractivity contribution in [2.75, 3.05) is 25.6 Å². The van der Waals surface area contributed by atoms with Gasteiger partial charge in [-0.3, -0.25) is 9.59 Å².